The van der Waals surface area contributed by atoms with Crippen molar-refractivity contribution in [1.82, 2.24) is 0 Å². The molecule has 9 nitrogen and oxygen atoms in total. The Balaban J connectivity index is 4.34. The fourth-order valence-corrected chi connectivity index (χ4v) is 6.10. The normalized spacial score (nSPS) is 13.8. The second-order valence-corrected chi connectivity index (χ2v) is 16.1. The van der Waals surface area contributed by atoms with Gasteiger partial charge >= 0.3 is 19.8 Å². The Bertz CT molecular complexity index is 860. The molecule has 0 saturated heterocycles. The lowest BCUT2D eigenvalue weighted by atomic mass is 10.1. The van der Waals surface area contributed by atoms with Gasteiger partial charge < -0.3 is 18.9 Å². The number of nitrogens with zero attached hydrogens (tertiary/aromatic N) is 1. The van der Waals surface area contributed by atoms with Crippen molar-refractivity contribution >= 4 is 19.8 Å². The molecule has 0 aromatic rings. The third-order valence-corrected chi connectivity index (χ3v) is 9.53. The maximum Gasteiger partial charge on any atom is 0.472 e. The number of quaternary nitrogens is 1. The molecule has 0 spiro atoms. The van der Waals surface area contributed by atoms with E-state index in [0.717, 1.165) is 44.9 Å². The van der Waals surface area contributed by atoms with Crippen LogP contribution in [0.25, 0.3) is 0 Å². The molecule has 2 unspecified atom stereocenters. The SMILES string of the molecule is CCCCCCCC/C=C\CCCCCCCCCC(=O)OC(COC(=O)CCCCCCCCCC)COP(=O)(O)OCC[N+](C)(C)C. The Hall–Kier alpha value is -1.25. The summed E-state index contributed by atoms with van der Waals surface area (Å²) in [5.74, 6) is -0.804. The lowest BCUT2D eigenvalue weighted by molar-refractivity contribution is -0.870. The average Bonchev–Trinajstić information content (AvgIpc) is 3.04. The van der Waals surface area contributed by atoms with E-state index < -0.39 is 26.5 Å². The quantitative estimate of drug-likeness (QED) is 0.0224. The molecule has 0 aliphatic rings. The van der Waals surface area contributed by atoms with E-state index in [0.29, 0.717) is 23.9 Å². The zero-order valence-corrected chi connectivity index (χ0v) is 33.3. The zero-order valence-electron chi connectivity index (χ0n) is 32.4. The summed E-state index contributed by atoms with van der Waals surface area (Å²) in [6, 6.07) is 0. The number of hydrogen-bond donors (Lipinski definition) is 1. The monoisotopic (exact) mass is 719 g/mol. The molecule has 0 aromatic heterocycles. The molecule has 1 N–H and O–H groups in total. The lowest BCUT2D eigenvalue weighted by Crippen LogP contribution is -2.37. The van der Waals surface area contributed by atoms with Crippen molar-refractivity contribution in [1.29, 1.82) is 0 Å². The number of carbonyl (C=O) groups excluding carboxylic acids is 2. The topological polar surface area (TPSA) is 108 Å². The standard InChI is InChI=1S/C39H76NO8P/c1-6-8-10-12-14-16-17-18-19-20-21-22-23-24-26-28-30-32-39(42)48-37(36-47-49(43,44)46-34-33-40(3,4)5)35-45-38(41)31-29-27-25-15-13-11-9-7-2/h18-19,37H,6-17,20-36H2,1-5H3/p+1/b19-18-. The summed E-state index contributed by atoms with van der Waals surface area (Å²) in [5.41, 5.74) is 0. The van der Waals surface area contributed by atoms with Crippen LogP contribution in [0.1, 0.15) is 174 Å². The summed E-state index contributed by atoms with van der Waals surface area (Å²) in [6.45, 7) is 4.38. The Morgan fingerprint density at radius 2 is 1.04 bits per heavy atom. The van der Waals surface area contributed by atoms with Gasteiger partial charge in [0.05, 0.1) is 27.7 Å². The van der Waals surface area contributed by atoms with Crippen LogP contribution in [0.3, 0.4) is 0 Å². The number of carbonyl (C=O) groups is 2. The largest absolute Gasteiger partial charge is 0.472 e. The van der Waals surface area contributed by atoms with E-state index in [1.165, 1.54) is 96.3 Å². The number of phosphoric ester groups is 1. The number of esters is 2. The van der Waals surface area contributed by atoms with E-state index >= 15 is 0 Å². The van der Waals surface area contributed by atoms with Crippen LogP contribution < -0.4 is 0 Å². The minimum atomic E-state index is -4.36. The molecule has 290 valence electrons. The Kier molecular flexibility index (Phi) is 31.8. The van der Waals surface area contributed by atoms with Gasteiger partial charge in [-0.15, -0.1) is 0 Å². The number of ether oxygens (including phenoxy) is 2. The van der Waals surface area contributed by atoms with Crippen molar-refractivity contribution in [3.8, 4) is 0 Å². The molecule has 2 atom stereocenters. The van der Waals surface area contributed by atoms with Crippen LogP contribution in [0.4, 0.5) is 0 Å². The molecule has 0 saturated carbocycles. The molecular weight excluding hydrogens is 641 g/mol. The fourth-order valence-electron chi connectivity index (χ4n) is 5.36. The molecule has 0 amide bonds. The van der Waals surface area contributed by atoms with Crippen LogP contribution in [0.2, 0.25) is 0 Å². The van der Waals surface area contributed by atoms with Gasteiger partial charge in [0, 0.05) is 12.8 Å². The summed E-state index contributed by atoms with van der Waals surface area (Å²) >= 11 is 0. The number of hydrogen-bond acceptors (Lipinski definition) is 7. The van der Waals surface area contributed by atoms with Crippen molar-refractivity contribution in [3.63, 3.8) is 0 Å². The summed E-state index contributed by atoms with van der Waals surface area (Å²) in [6.07, 6.45) is 31.2. The maximum atomic E-state index is 12.6. The van der Waals surface area contributed by atoms with Gasteiger partial charge in [-0.3, -0.25) is 18.6 Å². The van der Waals surface area contributed by atoms with Crippen LogP contribution >= 0.6 is 7.82 Å². The van der Waals surface area contributed by atoms with Crippen LogP contribution in [0, 0.1) is 0 Å². The van der Waals surface area contributed by atoms with Gasteiger partial charge in [0.25, 0.3) is 0 Å². The molecule has 0 heterocycles. The van der Waals surface area contributed by atoms with Gasteiger partial charge in [-0.05, 0) is 38.5 Å². The van der Waals surface area contributed by atoms with Gasteiger partial charge in [-0.25, -0.2) is 4.57 Å². The third kappa shape index (κ3) is 36.3. The number of likely N-dealkylation sites (N-methyl/N-ethyl adjacent to an activating group) is 1. The van der Waals surface area contributed by atoms with Crippen LogP contribution in [0.5, 0.6) is 0 Å². The highest BCUT2D eigenvalue weighted by atomic mass is 31.2. The van der Waals surface area contributed by atoms with Gasteiger partial charge in [0.15, 0.2) is 6.10 Å². The predicted molar refractivity (Wildman–Crippen MR) is 201 cm³/mol. The molecule has 0 aliphatic heterocycles. The van der Waals surface area contributed by atoms with Crippen LogP contribution in [-0.4, -0.2) is 74.9 Å². The first-order valence-electron chi connectivity index (χ1n) is 19.9. The molecule has 49 heavy (non-hydrogen) atoms. The molecule has 0 radical (unpaired) electrons. The number of rotatable bonds is 36. The van der Waals surface area contributed by atoms with Crippen molar-refractivity contribution in [2.24, 2.45) is 0 Å². The highest BCUT2D eigenvalue weighted by Gasteiger charge is 2.27. The third-order valence-electron chi connectivity index (χ3n) is 8.55. The Morgan fingerprint density at radius 3 is 1.51 bits per heavy atom. The molecule has 10 heteroatoms. The average molecular weight is 719 g/mol. The minimum Gasteiger partial charge on any atom is -0.462 e. The molecule has 0 aliphatic carbocycles. The molecular formula is C39H77NO8P+. The van der Waals surface area contributed by atoms with E-state index in [1.807, 2.05) is 21.1 Å². The van der Waals surface area contributed by atoms with E-state index in [4.69, 9.17) is 18.5 Å². The van der Waals surface area contributed by atoms with Gasteiger partial charge in [0.2, 0.25) is 0 Å². The molecule has 0 fully saturated rings. The molecule has 0 bridgehead atoms. The first-order chi connectivity index (χ1) is 23.5. The Labute approximate surface area is 301 Å². The predicted octanol–water partition coefficient (Wildman–Crippen LogP) is 10.6. The second-order valence-electron chi connectivity index (χ2n) is 14.7. The smallest absolute Gasteiger partial charge is 0.462 e. The summed E-state index contributed by atoms with van der Waals surface area (Å²) in [4.78, 5) is 35.1. The van der Waals surface area contributed by atoms with Crippen molar-refractivity contribution in [2.75, 3.05) is 47.5 Å². The zero-order chi connectivity index (χ0) is 36.5. The van der Waals surface area contributed by atoms with E-state index in [1.54, 1.807) is 0 Å². The maximum absolute atomic E-state index is 12.6. The molecule has 0 aromatic carbocycles. The van der Waals surface area contributed by atoms with E-state index in [-0.39, 0.29) is 25.6 Å². The van der Waals surface area contributed by atoms with Crippen LogP contribution in [0.15, 0.2) is 12.2 Å². The van der Waals surface area contributed by atoms with Gasteiger partial charge in [-0.2, -0.15) is 0 Å². The highest BCUT2D eigenvalue weighted by Crippen LogP contribution is 2.43. The minimum absolute atomic E-state index is 0.0334. The molecule has 0 rings (SSSR count). The summed E-state index contributed by atoms with van der Waals surface area (Å²) in [7, 11) is 1.48. The summed E-state index contributed by atoms with van der Waals surface area (Å²) in [5, 5.41) is 0. The first-order valence-corrected chi connectivity index (χ1v) is 21.4. The fraction of sp³-hybridized carbons (Fsp3) is 0.897. The number of allylic oxidation sites excluding steroid dienone is 2. The van der Waals surface area contributed by atoms with Crippen molar-refractivity contribution < 1.29 is 42.1 Å². The van der Waals surface area contributed by atoms with Gasteiger partial charge in [0.1, 0.15) is 19.8 Å². The van der Waals surface area contributed by atoms with Gasteiger partial charge in [-0.1, -0.05) is 135 Å². The van der Waals surface area contributed by atoms with E-state index in [9.17, 15) is 19.0 Å². The summed E-state index contributed by atoms with van der Waals surface area (Å²) < 4.78 is 34.1. The first kappa shape index (κ1) is 47.8. The Morgan fingerprint density at radius 1 is 0.612 bits per heavy atom. The van der Waals surface area contributed by atoms with Crippen LogP contribution in [-0.2, 0) is 32.7 Å². The second kappa shape index (κ2) is 32.6. The highest BCUT2D eigenvalue weighted by molar-refractivity contribution is 7.47. The number of phosphoric acid groups is 1. The van der Waals surface area contributed by atoms with E-state index in [2.05, 4.69) is 26.0 Å². The number of unbranched alkanes of at least 4 members (excludes halogenated alkanes) is 20. The van der Waals surface area contributed by atoms with Crippen molar-refractivity contribution in [3.05, 3.63) is 12.2 Å². The van der Waals surface area contributed by atoms with Crippen molar-refractivity contribution in [2.45, 2.75) is 180 Å². The lowest BCUT2D eigenvalue weighted by Gasteiger charge is -2.24.